The highest BCUT2D eigenvalue weighted by molar-refractivity contribution is 9.10. The van der Waals surface area contributed by atoms with Crippen molar-refractivity contribution in [2.45, 2.75) is 18.8 Å². The molecule has 0 heterocycles. The number of hydrogen-bond acceptors (Lipinski definition) is 2. The van der Waals surface area contributed by atoms with E-state index in [1.807, 2.05) is 42.5 Å². The molecular weight excluding hydrogens is 352 g/mol. The Morgan fingerprint density at radius 3 is 2.48 bits per heavy atom. The highest BCUT2D eigenvalue weighted by atomic mass is 79.9. The highest BCUT2D eigenvalue weighted by Crippen LogP contribution is 2.29. The summed E-state index contributed by atoms with van der Waals surface area (Å²) in [5.41, 5.74) is 2.00. The van der Waals surface area contributed by atoms with Crippen molar-refractivity contribution in [2.24, 2.45) is 0 Å². The lowest BCUT2D eigenvalue weighted by molar-refractivity contribution is -0.142. The Kier molecular flexibility index (Phi) is 5.83. The number of ether oxygens (including phenoxy) is 1. The van der Waals surface area contributed by atoms with Crippen LogP contribution in [0.3, 0.4) is 0 Å². The predicted octanol–water partition coefficient (Wildman–Crippen LogP) is 4.99. The van der Waals surface area contributed by atoms with Crippen molar-refractivity contribution in [1.29, 1.82) is 0 Å². The third-order valence-electron chi connectivity index (χ3n) is 3.40. The average molecular weight is 368 g/mol. The third kappa shape index (κ3) is 4.32. The molecule has 0 aliphatic heterocycles. The van der Waals surface area contributed by atoms with Crippen LogP contribution in [0.1, 0.15) is 23.5 Å². The minimum atomic E-state index is -0.340. The zero-order valence-electron chi connectivity index (χ0n) is 11.7. The molecule has 4 heteroatoms. The fourth-order valence-corrected chi connectivity index (χ4v) is 2.79. The van der Waals surface area contributed by atoms with Gasteiger partial charge in [-0.3, -0.25) is 4.79 Å². The van der Waals surface area contributed by atoms with E-state index >= 15 is 0 Å². The van der Waals surface area contributed by atoms with E-state index in [1.54, 1.807) is 6.07 Å². The van der Waals surface area contributed by atoms with E-state index in [0.717, 1.165) is 16.5 Å². The summed E-state index contributed by atoms with van der Waals surface area (Å²) in [5, 5.41) is 0.601. The molecule has 0 aliphatic carbocycles. The van der Waals surface area contributed by atoms with Gasteiger partial charge in [0.1, 0.15) is 0 Å². The summed E-state index contributed by atoms with van der Waals surface area (Å²) in [4.78, 5) is 12.1. The number of esters is 1. The van der Waals surface area contributed by atoms with Gasteiger partial charge < -0.3 is 4.74 Å². The summed E-state index contributed by atoms with van der Waals surface area (Å²) in [7, 11) is 1.41. The lowest BCUT2D eigenvalue weighted by atomic mass is 9.92. The molecule has 2 aromatic carbocycles. The molecule has 0 amide bonds. The molecule has 1 unspecified atom stereocenters. The van der Waals surface area contributed by atoms with E-state index < -0.39 is 0 Å². The molecule has 0 N–H and O–H groups in total. The van der Waals surface area contributed by atoms with Crippen LogP contribution < -0.4 is 0 Å². The van der Waals surface area contributed by atoms with Gasteiger partial charge in [-0.2, -0.15) is 0 Å². The van der Waals surface area contributed by atoms with Gasteiger partial charge in [-0.25, -0.2) is 0 Å². The minimum absolute atomic E-state index is 0.250. The Balaban J connectivity index is 2.16. The van der Waals surface area contributed by atoms with Crippen LogP contribution in [-0.4, -0.2) is 13.1 Å². The van der Waals surface area contributed by atoms with Crippen LogP contribution in [0, 0.1) is 0 Å². The fraction of sp³-hybridized carbons (Fsp3) is 0.235. The van der Waals surface area contributed by atoms with Gasteiger partial charge in [0.25, 0.3) is 0 Å². The van der Waals surface area contributed by atoms with E-state index in [4.69, 9.17) is 16.3 Å². The second-order valence-corrected chi connectivity index (χ2v) is 6.09. The predicted molar refractivity (Wildman–Crippen MR) is 88.7 cm³/mol. The Hall–Kier alpha value is -1.32. The van der Waals surface area contributed by atoms with E-state index in [0.29, 0.717) is 11.4 Å². The molecule has 0 fully saturated rings. The molecule has 2 nitrogen and oxygen atoms in total. The summed E-state index contributed by atoms with van der Waals surface area (Å²) in [6.07, 6.45) is 1.45. The van der Waals surface area contributed by atoms with Crippen LogP contribution in [0.15, 0.2) is 53.0 Å². The number of carbonyl (C=O) groups excluding carboxylic acids is 1. The van der Waals surface area contributed by atoms with Crippen LogP contribution in [0.4, 0.5) is 0 Å². The Morgan fingerprint density at radius 2 is 1.86 bits per heavy atom. The van der Waals surface area contributed by atoms with Gasteiger partial charge in [-0.15, -0.1) is 0 Å². The maximum absolute atomic E-state index is 12.1. The lowest BCUT2D eigenvalue weighted by Gasteiger charge is -2.16. The maximum Gasteiger partial charge on any atom is 0.313 e. The van der Waals surface area contributed by atoms with Crippen molar-refractivity contribution in [2.75, 3.05) is 7.11 Å². The smallest absolute Gasteiger partial charge is 0.313 e. The summed E-state index contributed by atoms with van der Waals surface area (Å²) >= 11 is 9.62. The molecule has 2 rings (SSSR count). The average Bonchev–Trinajstić information content (AvgIpc) is 2.50. The molecule has 0 spiro atoms. The topological polar surface area (TPSA) is 26.3 Å². The van der Waals surface area contributed by atoms with Crippen LogP contribution in [0.5, 0.6) is 0 Å². The Bertz CT molecular complexity index is 610. The normalized spacial score (nSPS) is 12.0. The maximum atomic E-state index is 12.1. The van der Waals surface area contributed by atoms with Crippen LogP contribution in [0.25, 0.3) is 0 Å². The summed E-state index contributed by atoms with van der Waals surface area (Å²) in [5.74, 6) is -0.590. The molecule has 0 bridgehead atoms. The summed E-state index contributed by atoms with van der Waals surface area (Å²) in [6.45, 7) is 0. The van der Waals surface area contributed by atoms with Gasteiger partial charge in [0, 0.05) is 9.50 Å². The SMILES string of the molecule is COC(=O)C(CCc1ccc(Br)cc1)c1ccccc1Cl. The van der Waals surface area contributed by atoms with Crippen molar-refractivity contribution in [3.63, 3.8) is 0 Å². The molecule has 21 heavy (non-hydrogen) atoms. The standard InChI is InChI=1S/C17H16BrClO2/c1-21-17(20)15(14-4-2-3-5-16(14)19)11-8-12-6-9-13(18)10-7-12/h2-7,9-10,15H,8,11H2,1H3. The number of methoxy groups -OCH3 is 1. The van der Waals surface area contributed by atoms with Gasteiger partial charge in [0.2, 0.25) is 0 Å². The molecule has 1 atom stereocenters. The van der Waals surface area contributed by atoms with Crippen LogP contribution >= 0.6 is 27.5 Å². The van der Waals surface area contributed by atoms with Gasteiger partial charge in [0.05, 0.1) is 13.0 Å². The second kappa shape index (κ2) is 7.62. The van der Waals surface area contributed by atoms with Gasteiger partial charge >= 0.3 is 5.97 Å². The van der Waals surface area contributed by atoms with E-state index in [9.17, 15) is 4.79 Å². The zero-order valence-corrected chi connectivity index (χ0v) is 14.0. The largest absolute Gasteiger partial charge is 0.469 e. The van der Waals surface area contributed by atoms with Crippen LogP contribution in [-0.2, 0) is 16.0 Å². The summed E-state index contributed by atoms with van der Waals surface area (Å²) < 4.78 is 5.97. The molecule has 0 saturated carbocycles. The molecule has 0 radical (unpaired) electrons. The van der Waals surface area contributed by atoms with Gasteiger partial charge in [-0.1, -0.05) is 57.9 Å². The number of halogens is 2. The first-order chi connectivity index (χ1) is 10.1. The van der Waals surface area contributed by atoms with E-state index in [2.05, 4.69) is 15.9 Å². The zero-order chi connectivity index (χ0) is 15.2. The van der Waals surface area contributed by atoms with E-state index in [1.165, 1.54) is 12.7 Å². The highest BCUT2D eigenvalue weighted by Gasteiger charge is 2.23. The van der Waals surface area contributed by atoms with Crippen molar-refractivity contribution < 1.29 is 9.53 Å². The van der Waals surface area contributed by atoms with Crippen molar-refractivity contribution in [3.8, 4) is 0 Å². The minimum Gasteiger partial charge on any atom is -0.469 e. The second-order valence-electron chi connectivity index (χ2n) is 4.76. The Morgan fingerprint density at radius 1 is 1.19 bits per heavy atom. The molecular formula is C17H16BrClO2. The number of benzene rings is 2. The van der Waals surface area contributed by atoms with Gasteiger partial charge in [-0.05, 0) is 42.2 Å². The van der Waals surface area contributed by atoms with Gasteiger partial charge in [0.15, 0.2) is 0 Å². The summed E-state index contributed by atoms with van der Waals surface area (Å²) in [6, 6.07) is 15.5. The van der Waals surface area contributed by atoms with E-state index in [-0.39, 0.29) is 11.9 Å². The number of carbonyl (C=O) groups is 1. The molecule has 2 aromatic rings. The van der Waals surface area contributed by atoms with Crippen LogP contribution in [0.2, 0.25) is 5.02 Å². The number of rotatable bonds is 5. The Labute approximate surface area is 138 Å². The molecule has 0 saturated heterocycles. The first kappa shape index (κ1) is 16.1. The first-order valence-electron chi connectivity index (χ1n) is 6.68. The first-order valence-corrected chi connectivity index (χ1v) is 7.85. The van der Waals surface area contributed by atoms with Crippen molar-refractivity contribution >= 4 is 33.5 Å². The molecule has 0 aliphatic rings. The fourth-order valence-electron chi connectivity index (χ4n) is 2.26. The molecule has 0 aromatic heterocycles. The number of aryl methyl sites for hydroxylation is 1. The number of hydrogen-bond donors (Lipinski definition) is 0. The quantitative estimate of drug-likeness (QED) is 0.696. The monoisotopic (exact) mass is 366 g/mol. The van der Waals surface area contributed by atoms with Crippen molar-refractivity contribution in [1.82, 2.24) is 0 Å². The third-order valence-corrected chi connectivity index (χ3v) is 4.27. The molecule has 110 valence electrons. The lowest BCUT2D eigenvalue weighted by Crippen LogP contribution is -2.15. The van der Waals surface area contributed by atoms with Crippen molar-refractivity contribution in [3.05, 3.63) is 69.2 Å².